The number of phenolic OH excluding ortho intramolecular Hbond substituents is 1. The highest BCUT2D eigenvalue weighted by molar-refractivity contribution is 8.14. The number of hydrogen-bond donors (Lipinski definition) is 2. The molecule has 144 valence electrons. The molecule has 1 aliphatic heterocycles. The smallest absolute Gasteiger partial charge is 0.247 e. The number of amidine groups is 1. The Morgan fingerprint density at radius 2 is 1.79 bits per heavy atom. The summed E-state index contributed by atoms with van der Waals surface area (Å²) < 4.78 is 13.1. The Morgan fingerprint density at radius 1 is 1.14 bits per heavy atom. The second kappa shape index (κ2) is 8.22. The molecule has 0 unspecified atom stereocenters. The molecule has 7 nitrogen and oxygen atoms in total. The van der Waals surface area contributed by atoms with Crippen molar-refractivity contribution in [3.05, 3.63) is 59.9 Å². The first-order chi connectivity index (χ1) is 13.3. The molecular weight excluding hydrogens is 383 g/mol. The van der Waals surface area contributed by atoms with Crippen molar-refractivity contribution in [1.29, 1.82) is 0 Å². The normalized spacial score (nSPS) is 18.1. The highest BCUT2D eigenvalue weighted by Crippen LogP contribution is 2.29. The van der Waals surface area contributed by atoms with Crippen LogP contribution >= 0.6 is 11.8 Å². The molecule has 1 fully saturated rings. The molecule has 1 saturated heterocycles. The van der Waals surface area contributed by atoms with Gasteiger partial charge in [-0.05, 0) is 61.0 Å². The van der Waals surface area contributed by atoms with Crippen molar-refractivity contribution >= 4 is 40.1 Å². The lowest BCUT2D eigenvalue weighted by atomic mass is 10.1. The van der Waals surface area contributed by atoms with Crippen LogP contribution < -0.4 is 10.6 Å². The van der Waals surface area contributed by atoms with Gasteiger partial charge in [-0.3, -0.25) is 9.59 Å². The van der Waals surface area contributed by atoms with Crippen molar-refractivity contribution in [1.82, 2.24) is 0 Å². The monoisotopic (exact) mass is 400 g/mol. The third kappa shape index (κ3) is 4.37. The molecule has 0 aromatic heterocycles. The van der Waals surface area contributed by atoms with E-state index in [0.717, 1.165) is 22.2 Å². The number of carbonyl (C=O) groups excluding carboxylic acids is 2. The number of imide groups is 1. The summed E-state index contributed by atoms with van der Waals surface area (Å²) in [6.07, 6.45) is -0.0300. The highest BCUT2D eigenvalue weighted by Gasteiger charge is 2.40. The number of aromatic hydroxyl groups is 1. The van der Waals surface area contributed by atoms with E-state index in [2.05, 4.69) is 10.2 Å². The summed E-state index contributed by atoms with van der Waals surface area (Å²) in [7, 11) is 0. The van der Waals surface area contributed by atoms with Crippen LogP contribution in [0.1, 0.15) is 18.9 Å². The SMILES string of the molecule is C/C(=N\N=C(N)S[C@@H]1CC(=O)N(c2ccc(F)cc2)C1=O)c1ccc(O)cc1. The predicted octanol–water partition coefficient (Wildman–Crippen LogP) is 2.64. The van der Waals surface area contributed by atoms with Gasteiger partial charge >= 0.3 is 0 Å². The molecule has 2 amide bonds. The lowest BCUT2D eigenvalue weighted by molar-refractivity contribution is -0.121. The van der Waals surface area contributed by atoms with E-state index in [4.69, 9.17) is 5.73 Å². The maximum atomic E-state index is 13.1. The molecule has 1 aliphatic rings. The number of hydrogen-bond acceptors (Lipinski definition) is 6. The average molecular weight is 400 g/mol. The molecular formula is C19H17FN4O3S. The quantitative estimate of drug-likeness (QED) is 0.355. The molecule has 2 aromatic carbocycles. The number of anilines is 1. The van der Waals surface area contributed by atoms with Crippen LogP contribution in [0.15, 0.2) is 58.7 Å². The number of nitrogens with two attached hydrogens (primary N) is 1. The summed E-state index contributed by atoms with van der Waals surface area (Å²) in [5, 5.41) is 16.6. The molecule has 3 N–H and O–H groups in total. The Kier molecular flexibility index (Phi) is 5.74. The summed E-state index contributed by atoms with van der Waals surface area (Å²) in [5.41, 5.74) is 7.50. The van der Waals surface area contributed by atoms with E-state index in [1.54, 1.807) is 19.1 Å². The second-order valence-electron chi connectivity index (χ2n) is 6.02. The number of nitrogens with zero attached hydrogens (tertiary/aromatic N) is 3. The molecule has 0 bridgehead atoms. The van der Waals surface area contributed by atoms with Crippen LogP contribution in [0.4, 0.5) is 10.1 Å². The van der Waals surface area contributed by atoms with Gasteiger partial charge in [-0.15, -0.1) is 5.10 Å². The summed E-state index contributed by atoms with van der Waals surface area (Å²) in [4.78, 5) is 25.8. The summed E-state index contributed by atoms with van der Waals surface area (Å²) in [6.45, 7) is 1.73. The fourth-order valence-electron chi connectivity index (χ4n) is 2.61. The van der Waals surface area contributed by atoms with E-state index in [1.807, 2.05) is 0 Å². The van der Waals surface area contributed by atoms with Gasteiger partial charge in [0.1, 0.15) is 16.8 Å². The van der Waals surface area contributed by atoms with Crippen LogP contribution in [0.2, 0.25) is 0 Å². The van der Waals surface area contributed by atoms with Gasteiger partial charge in [0.05, 0.1) is 11.4 Å². The van der Waals surface area contributed by atoms with Gasteiger partial charge in [-0.1, -0.05) is 11.8 Å². The van der Waals surface area contributed by atoms with Gasteiger partial charge in [0.2, 0.25) is 11.8 Å². The van der Waals surface area contributed by atoms with E-state index < -0.39 is 17.0 Å². The van der Waals surface area contributed by atoms with Crippen molar-refractivity contribution in [2.45, 2.75) is 18.6 Å². The van der Waals surface area contributed by atoms with Crippen molar-refractivity contribution < 1.29 is 19.1 Å². The Balaban J connectivity index is 1.69. The van der Waals surface area contributed by atoms with Crippen LogP contribution in [0.25, 0.3) is 0 Å². The fourth-order valence-corrected chi connectivity index (χ4v) is 3.42. The van der Waals surface area contributed by atoms with Gasteiger partial charge in [0, 0.05) is 6.42 Å². The summed E-state index contributed by atoms with van der Waals surface area (Å²) in [5.74, 6) is -1.12. The van der Waals surface area contributed by atoms with Crippen LogP contribution in [0.3, 0.4) is 0 Å². The lowest BCUT2D eigenvalue weighted by Crippen LogP contribution is -2.31. The number of rotatable bonds is 4. The Bertz CT molecular complexity index is 958. The molecule has 0 spiro atoms. The van der Waals surface area contributed by atoms with E-state index in [0.29, 0.717) is 11.4 Å². The van der Waals surface area contributed by atoms with Gasteiger partial charge in [-0.25, -0.2) is 9.29 Å². The maximum absolute atomic E-state index is 13.1. The zero-order valence-corrected chi connectivity index (χ0v) is 15.7. The van der Waals surface area contributed by atoms with Gasteiger partial charge < -0.3 is 10.8 Å². The van der Waals surface area contributed by atoms with Gasteiger partial charge in [0.15, 0.2) is 5.17 Å². The van der Waals surface area contributed by atoms with E-state index >= 15 is 0 Å². The van der Waals surface area contributed by atoms with Crippen LogP contribution in [0.5, 0.6) is 5.75 Å². The van der Waals surface area contributed by atoms with Crippen LogP contribution in [-0.4, -0.2) is 33.1 Å². The first-order valence-corrected chi connectivity index (χ1v) is 9.19. The number of amides is 2. The van der Waals surface area contributed by atoms with E-state index in [9.17, 15) is 19.1 Å². The standard InChI is InChI=1S/C19H17FN4O3S/c1-11(12-2-8-15(25)9-3-12)22-23-19(21)28-16-10-17(26)24(18(16)27)14-6-4-13(20)5-7-14/h2-9,16,25H,10H2,1H3,(H2,21,23)/b22-11+/t16-/m1/s1. The lowest BCUT2D eigenvalue weighted by Gasteiger charge is -2.14. The molecule has 28 heavy (non-hydrogen) atoms. The summed E-state index contributed by atoms with van der Waals surface area (Å²) >= 11 is 0.955. The van der Waals surface area contributed by atoms with Crippen molar-refractivity contribution in [2.75, 3.05) is 4.90 Å². The van der Waals surface area contributed by atoms with Crippen LogP contribution in [-0.2, 0) is 9.59 Å². The minimum atomic E-state index is -0.717. The molecule has 0 radical (unpaired) electrons. The minimum Gasteiger partial charge on any atom is -0.508 e. The van der Waals surface area contributed by atoms with Crippen molar-refractivity contribution in [3.63, 3.8) is 0 Å². The van der Waals surface area contributed by atoms with Gasteiger partial charge in [-0.2, -0.15) is 5.10 Å². The number of benzene rings is 2. The average Bonchev–Trinajstić information content (AvgIpc) is 2.94. The Morgan fingerprint density at radius 3 is 2.43 bits per heavy atom. The third-order valence-electron chi connectivity index (χ3n) is 4.04. The minimum absolute atomic E-state index is 0.0300. The Hall–Kier alpha value is -3.20. The Labute approximate surface area is 164 Å². The molecule has 1 heterocycles. The zero-order chi connectivity index (χ0) is 20.3. The number of carbonyl (C=O) groups is 2. The second-order valence-corrected chi connectivity index (χ2v) is 7.25. The van der Waals surface area contributed by atoms with E-state index in [1.165, 1.54) is 36.4 Å². The zero-order valence-electron chi connectivity index (χ0n) is 14.9. The molecule has 2 aromatic rings. The van der Waals surface area contributed by atoms with Crippen molar-refractivity contribution in [3.8, 4) is 5.75 Å². The fraction of sp³-hybridized carbons (Fsp3) is 0.158. The first kappa shape index (κ1) is 19.6. The van der Waals surface area contributed by atoms with Crippen LogP contribution in [0, 0.1) is 5.82 Å². The van der Waals surface area contributed by atoms with E-state index in [-0.39, 0.29) is 23.2 Å². The summed E-state index contributed by atoms with van der Waals surface area (Å²) in [6, 6.07) is 11.6. The molecule has 3 rings (SSSR count). The number of phenols is 1. The highest BCUT2D eigenvalue weighted by atomic mass is 32.2. The number of halogens is 1. The number of thioether (sulfide) groups is 1. The predicted molar refractivity (Wildman–Crippen MR) is 107 cm³/mol. The topological polar surface area (TPSA) is 108 Å². The largest absolute Gasteiger partial charge is 0.508 e. The van der Waals surface area contributed by atoms with Crippen molar-refractivity contribution in [2.24, 2.45) is 15.9 Å². The molecule has 9 heteroatoms. The molecule has 0 aliphatic carbocycles. The first-order valence-electron chi connectivity index (χ1n) is 8.31. The molecule has 0 saturated carbocycles. The maximum Gasteiger partial charge on any atom is 0.247 e. The molecule has 1 atom stereocenters. The third-order valence-corrected chi connectivity index (χ3v) is 5.01. The van der Waals surface area contributed by atoms with Gasteiger partial charge in [0.25, 0.3) is 0 Å².